The number of nitrogens with zero attached hydrogens (tertiary/aromatic N) is 3. The van der Waals surface area contributed by atoms with E-state index in [0.717, 1.165) is 44.2 Å². The maximum absolute atomic E-state index is 13.6. The van der Waals surface area contributed by atoms with E-state index in [2.05, 4.69) is 25.7 Å². The van der Waals surface area contributed by atoms with E-state index in [4.69, 9.17) is 0 Å². The van der Waals surface area contributed by atoms with E-state index >= 15 is 0 Å². The van der Waals surface area contributed by atoms with Gasteiger partial charge in [-0.25, -0.2) is 8.78 Å². The smallest absolute Gasteiger partial charge is 0.234 e. The number of aromatic nitrogens is 2. The molecule has 1 saturated heterocycles. The number of halogens is 2. The van der Waals surface area contributed by atoms with Crippen LogP contribution in [0, 0.1) is 17.6 Å². The van der Waals surface area contributed by atoms with Gasteiger partial charge < -0.3 is 15.5 Å². The molecule has 2 amide bonds. The SMILES string of the molecule is CCCNC(=O)C1CCN(c2ccc(SCC(=O)Nc3ccc(F)cc3F)nn2)CC1. The van der Waals surface area contributed by atoms with Gasteiger partial charge in [0.1, 0.15) is 16.7 Å². The number of amides is 2. The summed E-state index contributed by atoms with van der Waals surface area (Å²) in [6, 6.07) is 6.59. The fourth-order valence-electron chi connectivity index (χ4n) is 3.24. The molecule has 0 saturated carbocycles. The highest BCUT2D eigenvalue weighted by atomic mass is 32.2. The zero-order chi connectivity index (χ0) is 22.2. The Balaban J connectivity index is 1.45. The largest absolute Gasteiger partial charge is 0.356 e. The van der Waals surface area contributed by atoms with E-state index in [1.54, 1.807) is 6.07 Å². The van der Waals surface area contributed by atoms with Crippen LogP contribution in [0.15, 0.2) is 35.4 Å². The van der Waals surface area contributed by atoms with E-state index in [1.165, 1.54) is 17.8 Å². The van der Waals surface area contributed by atoms with Crippen molar-refractivity contribution in [3.05, 3.63) is 42.0 Å². The van der Waals surface area contributed by atoms with E-state index in [0.29, 0.717) is 17.6 Å². The molecule has 0 bridgehead atoms. The van der Waals surface area contributed by atoms with Gasteiger partial charge in [-0.3, -0.25) is 9.59 Å². The second kappa shape index (κ2) is 11.0. The van der Waals surface area contributed by atoms with Crippen LogP contribution < -0.4 is 15.5 Å². The minimum absolute atomic E-state index is 0.0170. The first-order valence-corrected chi connectivity index (χ1v) is 11.2. The summed E-state index contributed by atoms with van der Waals surface area (Å²) in [5.41, 5.74) is -0.0692. The molecule has 3 rings (SSSR count). The van der Waals surface area contributed by atoms with Crippen LogP contribution in [-0.2, 0) is 9.59 Å². The van der Waals surface area contributed by atoms with Gasteiger partial charge in [0.25, 0.3) is 0 Å². The Labute approximate surface area is 184 Å². The van der Waals surface area contributed by atoms with E-state index in [-0.39, 0.29) is 23.3 Å². The lowest BCUT2D eigenvalue weighted by Crippen LogP contribution is -2.41. The van der Waals surface area contributed by atoms with Crippen LogP contribution in [0.5, 0.6) is 0 Å². The molecule has 0 atom stereocenters. The highest BCUT2D eigenvalue weighted by Crippen LogP contribution is 2.23. The van der Waals surface area contributed by atoms with Crippen LogP contribution in [0.1, 0.15) is 26.2 Å². The van der Waals surface area contributed by atoms with Crippen LogP contribution >= 0.6 is 11.8 Å². The van der Waals surface area contributed by atoms with Crippen LogP contribution in [0.25, 0.3) is 0 Å². The number of rotatable bonds is 8. The monoisotopic (exact) mass is 449 g/mol. The van der Waals surface area contributed by atoms with Crippen molar-refractivity contribution in [3.63, 3.8) is 0 Å². The third-order valence-corrected chi connectivity index (χ3v) is 5.84. The average molecular weight is 450 g/mol. The second-order valence-electron chi connectivity index (χ2n) is 7.24. The summed E-state index contributed by atoms with van der Waals surface area (Å²) in [6.45, 7) is 4.20. The van der Waals surface area contributed by atoms with Gasteiger partial charge >= 0.3 is 0 Å². The third kappa shape index (κ3) is 6.61. The lowest BCUT2D eigenvalue weighted by atomic mass is 9.96. The zero-order valence-electron chi connectivity index (χ0n) is 17.2. The van der Waals surface area contributed by atoms with Gasteiger partial charge in [-0.1, -0.05) is 18.7 Å². The summed E-state index contributed by atoms with van der Waals surface area (Å²) in [4.78, 5) is 26.2. The number of hydrogen-bond acceptors (Lipinski definition) is 6. The molecule has 0 unspecified atom stereocenters. The molecule has 0 aliphatic carbocycles. The van der Waals surface area contributed by atoms with Crippen LogP contribution in [0.2, 0.25) is 0 Å². The second-order valence-corrected chi connectivity index (χ2v) is 8.24. The number of thioether (sulfide) groups is 1. The van der Waals surface area contributed by atoms with Crippen molar-refractivity contribution < 1.29 is 18.4 Å². The molecule has 7 nitrogen and oxygen atoms in total. The Bertz CT molecular complexity index is 905. The molecule has 10 heteroatoms. The summed E-state index contributed by atoms with van der Waals surface area (Å²) in [6.07, 6.45) is 2.47. The van der Waals surface area contributed by atoms with Crippen molar-refractivity contribution >= 4 is 35.1 Å². The molecule has 0 spiro atoms. The van der Waals surface area contributed by atoms with Crippen LogP contribution in [0.3, 0.4) is 0 Å². The van der Waals surface area contributed by atoms with Gasteiger partial charge in [0, 0.05) is 31.6 Å². The van der Waals surface area contributed by atoms with E-state index in [1.807, 2.05) is 13.0 Å². The summed E-state index contributed by atoms with van der Waals surface area (Å²) >= 11 is 1.17. The number of piperidine rings is 1. The molecule has 2 heterocycles. The Morgan fingerprint density at radius 2 is 1.94 bits per heavy atom. The van der Waals surface area contributed by atoms with Crippen molar-refractivity contribution in [3.8, 4) is 0 Å². The summed E-state index contributed by atoms with van der Waals surface area (Å²) in [7, 11) is 0. The lowest BCUT2D eigenvalue weighted by Gasteiger charge is -2.31. The van der Waals surface area contributed by atoms with Crippen molar-refractivity contribution in [2.24, 2.45) is 5.92 Å². The lowest BCUT2D eigenvalue weighted by molar-refractivity contribution is -0.125. The van der Waals surface area contributed by atoms with Gasteiger partial charge in [-0.05, 0) is 43.5 Å². The Kier molecular flexibility index (Phi) is 8.16. The van der Waals surface area contributed by atoms with Crippen molar-refractivity contribution in [2.45, 2.75) is 31.2 Å². The molecule has 1 aliphatic heterocycles. The molecule has 2 N–H and O–H groups in total. The number of carbonyl (C=O) groups is 2. The molecule has 166 valence electrons. The van der Waals surface area contributed by atoms with Crippen LogP contribution in [-0.4, -0.2) is 47.4 Å². The molecule has 2 aromatic rings. The number of anilines is 2. The number of hydrogen-bond donors (Lipinski definition) is 2. The number of nitrogens with one attached hydrogen (secondary N) is 2. The zero-order valence-corrected chi connectivity index (χ0v) is 18.1. The quantitative estimate of drug-likeness (QED) is 0.602. The van der Waals surface area contributed by atoms with Gasteiger partial charge in [0.2, 0.25) is 11.8 Å². The Morgan fingerprint density at radius 3 is 2.58 bits per heavy atom. The predicted octanol–water partition coefficient (Wildman–Crippen LogP) is 3.23. The molecule has 1 aromatic heterocycles. The normalized spacial score (nSPS) is 14.4. The fraction of sp³-hybridized carbons (Fsp3) is 0.429. The standard InChI is InChI=1S/C21H25F2N5O2S/c1-2-9-24-21(30)14-7-10-28(11-8-14)18-5-6-20(27-26-18)31-13-19(29)25-17-4-3-15(22)12-16(17)23/h3-6,12,14H,2,7-11,13H2,1H3,(H,24,30)(H,25,29). The minimum Gasteiger partial charge on any atom is -0.356 e. The molecule has 1 fully saturated rings. The maximum atomic E-state index is 13.6. The Hall–Kier alpha value is -2.75. The van der Waals surface area contributed by atoms with E-state index in [9.17, 15) is 18.4 Å². The summed E-state index contributed by atoms with van der Waals surface area (Å²) in [5, 5.41) is 14.3. The average Bonchev–Trinajstić information content (AvgIpc) is 2.78. The number of benzene rings is 1. The molecule has 1 aliphatic rings. The van der Waals surface area contributed by atoms with Crippen molar-refractivity contribution in [2.75, 3.05) is 35.6 Å². The van der Waals surface area contributed by atoms with Crippen molar-refractivity contribution in [1.82, 2.24) is 15.5 Å². The predicted molar refractivity (Wildman–Crippen MR) is 116 cm³/mol. The third-order valence-electron chi connectivity index (χ3n) is 4.92. The maximum Gasteiger partial charge on any atom is 0.234 e. The Morgan fingerprint density at radius 1 is 1.16 bits per heavy atom. The minimum atomic E-state index is -0.825. The van der Waals surface area contributed by atoms with Gasteiger partial charge in [-0.15, -0.1) is 10.2 Å². The first-order chi connectivity index (χ1) is 15.0. The number of carbonyl (C=O) groups excluding carboxylic acids is 2. The highest BCUT2D eigenvalue weighted by Gasteiger charge is 2.25. The van der Waals surface area contributed by atoms with Gasteiger partial charge in [-0.2, -0.15) is 0 Å². The summed E-state index contributed by atoms with van der Waals surface area (Å²) < 4.78 is 26.5. The molecule has 0 radical (unpaired) electrons. The van der Waals surface area contributed by atoms with Crippen molar-refractivity contribution in [1.29, 1.82) is 0 Å². The molecule has 31 heavy (non-hydrogen) atoms. The topological polar surface area (TPSA) is 87.2 Å². The van der Waals surface area contributed by atoms with E-state index < -0.39 is 17.5 Å². The van der Waals surface area contributed by atoms with Gasteiger partial charge in [0.15, 0.2) is 5.82 Å². The molecular weight excluding hydrogens is 424 g/mol. The molecule has 1 aromatic carbocycles. The molecular formula is C21H25F2N5O2S. The van der Waals surface area contributed by atoms with Crippen LogP contribution in [0.4, 0.5) is 20.3 Å². The van der Waals surface area contributed by atoms with Gasteiger partial charge in [0.05, 0.1) is 11.4 Å². The highest BCUT2D eigenvalue weighted by molar-refractivity contribution is 7.99. The fourth-order valence-corrected chi connectivity index (χ4v) is 3.85. The first-order valence-electron chi connectivity index (χ1n) is 10.2. The summed E-state index contributed by atoms with van der Waals surface area (Å²) in [5.74, 6) is -1.05. The first kappa shape index (κ1) is 22.9.